The molecule has 0 radical (unpaired) electrons. The second-order valence-electron chi connectivity index (χ2n) is 7.28. The van der Waals surface area contributed by atoms with E-state index >= 15 is 0 Å². The monoisotopic (exact) mass is 457 g/mol. The molecule has 0 saturated carbocycles. The highest BCUT2D eigenvalue weighted by atomic mass is 16.6. The number of fused-ring (bicyclic) bond motifs is 1. The van der Waals surface area contributed by atoms with Gasteiger partial charge >= 0.3 is 12.0 Å². The molecule has 0 atom stereocenters. The Morgan fingerprint density at radius 1 is 0.853 bits per heavy atom. The fourth-order valence-electron chi connectivity index (χ4n) is 3.31. The summed E-state index contributed by atoms with van der Waals surface area (Å²) < 4.78 is 15.6. The van der Waals surface area contributed by atoms with Gasteiger partial charge in [0.15, 0.2) is 6.61 Å². The average Bonchev–Trinajstić information content (AvgIpc) is 2.87. The summed E-state index contributed by atoms with van der Waals surface area (Å²) in [7, 11) is 2.88. The van der Waals surface area contributed by atoms with Crippen LogP contribution in [0.5, 0.6) is 11.5 Å². The van der Waals surface area contributed by atoms with Crippen molar-refractivity contribution in [2.45, 2.75) is 0 Å². The standard InChI is InChI=1S/C26H23N3O5/c1-32-20-11-8-18(9-12-20)27-26(31)28-19-10-13-22-21(14-19)24(34-16-25(30)33-2)15-23(29-22)17-6-4-3-5-7-17/h3-15H,16H2,1-2H3,(H2,27,28,31). The van der Waals surface area contributed by atoms with E-state index < -0.39 is 12.0 Å². The van der Waals surface area contributed by atoms with Crippen LogP contribution in [0.4, 0.5) is 16.2 Å². The number of hydrogen-bond acceptors (Lipinski definition) is 6. The second kappa shape index (κ2) is 10.4. The Bertz CT molecular complexity index is 1310. The Labute approximate surface area is 196 Å². The van der Waals surface area contributed by atoms with Crippen LogP contribution in [0, 0.1) is 0 Å². The van der Waals surface area contributed by atoms with Crippen LogP contribution in [0.25, 0.3) is 22.2 Å². The molecule has 0 unspecified atom stereocenters. The number of ether oxygens (including phenoxy) is 3. The van der Waals surface area contributed by atoms with E-state index in [-0.39, 0.29) is 6.61 Å². The van der Waals surface area contributed by atoms with Gasteiger partial charge in [-0.2, -0.15) is 0 Å². The SMILES string of the molecule is COC(=O)COc1cc(-c2ccccc2)nc2ccc(NC(=O)Nc3ccc(OC)cc3)cc12. The van der Waals surface area contributed by atoms with Crippen LogP contribution >= 0.6 is 0 Å². The van der Waals surface area contributed by atoms with Crippen LogP contribution in [0.2, 0.25) is 0 Å². The fourth-order valence-corrected chi connectivity index (χ4v) is 3.31. The highest BCUT2D eigenvalue weighted by Crippen LogP contribution is 2.32. The smallest absolute Gasteiger partial charge is 0.343 e. The third kappa shape index (κ3) is 5.42. The number of pyridine rings is 1. The van der Waals surface area contributed by atoms with Crippen molar-refractivity contribution in [1.82, 2.24) is 4.98 Å². The third-order valence-electron chi connectivity index (χ3n) is 5.02. The van der Waals surface area contributed by atoms with Crippen LogP contribution in [0.15, 0.2) is 78.9 Å². The number of carbonyl (C=O) groups is 2. The summed E-state index contributed by atoms with van der Waals surface area (Å²) >= 11 is 0. The first-order valence-corrected chi connectivity index (χ1v) is 10.5. The van der Waals surface area contributed by atoms with Crippen LogP contribution in [-0.4, -0.2) is 37.8 Å². The predicted octanol–water partition coefficient (Wildman–Crippen LogP) is 5.11. The van der Waals surface area contributed by atoms with E-state index in [1.807, 2.05) is 30.3 Å². The normalized spacial score (nSPS) is 10.4. The molecule has 4 rings (SSSR count). The van der Waals surface area contributed by atoms with Gasteiger partial charge in [0.2, 0.25) is 0 Å². The van der Waals surface area contributed by atoms with Crippen molar-refractivity contribution < 1.29 is 23.8 Å². The molecule has 0 spiro atoms. The zero-order chi connectivity index (χ0) is 23.9. The minimum absolute atomic E-state index is 0.251. The highest BCUT2D eigenvalue weighted by Gasteiger charge is 2.13. The summed E-state index contributed by atoms with van der Waals surface area (Å²) in [5, 5.41) is 6.22. The maximum absolute atomic E-state index is 12.5. The molecule has 34 heavy (non-hydrogen) atoms. The van der Waals surface area contributed by atoms with E-state index in [2.05, 4.69) is 10.6 Å². The van der Waals surface area contributed by atoms with Crippen molar-refractivity contribution in [2.24, 2.45) is 0 Å². The van der Waals surface area contributed by atoms with Crippen LogP contribution in [-0.2, 0) is 9.53 Å². The maximum atomic E-state index is 12.5. The van der Waals surface area contributed by atoms with Gasteiger partial charge in [0, 0.05) is 28.4 Å². The summed E-state index contributed by atoms with van der Waals surface area (Å²) in [5.41, 5.74) is 3.42. The third-order valence-corrected chi connectivity index (χ3v) is 5.02. The lowest BCUT2D eigenvalue weighted by Crippen LogP contribution is -2.19. The van der Waals surface area contributed by atoms with Crippen molar-refractivity contribution >= 4 is 34.3 Å². The van der Waals surface area contributed by atoms with Crippen LogP contribution in [0.1, 0.15) is 0 Å². The summed E-state index contributed by atoms with van der Waals surface area (Å²) in [6.45, 7) is -0.251. The molecule has 1 aromatic heterocycles. The number of amides is 2. The number of urea groups is 1. The van der Waals surface area contributed by atoms with Crippen molar-refractivity contribution in [1.29, 1.82) is 0 Å². The van der Waals surface area contributed by atoms with E-state index in [0.29, 0.717) is 39.5 Å². The lowest BCUT2D eigenvalue weighted by molar-refractivity contribution is -0.142. The number of esters is 1. The molecule has 172 valence electrons. The molecule has 8 nitrogen and oxygen atoms in total. The van der Waals surface area contributed by atoms with E-state index in [4.69, 9.17) is 19.2 Å². The Morgan fingerprint density at radius 3 is 2.26 bits per heavy atom. The lowest BCUT2D eigenvalue weighted by Gasteiger charge is -2.13. The average molecular weight is 457 g/mol. The van der Waals surface area contributed by atoms with Gasteiger partial charge in [0.05, 0.1) is 25.4 Å². The van der Waals surface area contributed by atoms with Crippen LogP contribution < -0.4 is 20.1 Å². The molecule has 4 aromatic rings. The number of methoxy groups -OCH3 is 2. The van der Waals surface area contributed by atoms with E-state index in [9.17, 15) is 9.59 Å². The Hall–Kier alpha value is -4.59. The molecule has 0 aliphatic heterocycles. The molecule has 0 saturated heterocycles. The molecule has 3 aromatic carbocycles. The first-order valence-electron chi connectivity index (χ1n) is 10.5. The van der Waals surface area contributed by atoms with Crippen molar-refractivity contribution in [2.75, 3.05) is 31.5 Å². The van der Waals surface area contributed by atoms with E-state index in [1.54, 1.807) is 55.6 Å². The maximum Gasteiger partial charge on any atom is 0.343 e. The molecule has 8 heteroatoms. The number of nitrogens with zero attached hydrogens (tertiary/aromatic N) is 1. The van der Waals surface area contributed by atoms with Gasteiger partial charge < -0.3 is 24.8 Å². The number of nitrogens with one attached hydrogen (secondary N) is 2. The van der Waals surface area contributed by atoms with Crippen molar-refractivity contribution in [3.05, 3.63) is 78.9 Å². The molecular formula is C26H23N3O5. The van der Waals surface area contributed by atoms with Gasteiger partial charge in [-0.05, 0) is 42.5 Å². The van der Waals surface area contributed by atoms with E-state index in [0.717, 1.165) is 5.56 Å². The number of hydrogen-bond donors (Lipinski definition) is 2. The summed E-state index contributed by atoms with van der Waals surface area (Å²) in [6, 6.07) is 23.3. The molecule has 2 amide bonds. The van der Waals surface area contributed by atoms with Gasteiger partial charge in [-0.15, -0.1) is 0 Å². The minimum atomic E-state index is -0.501. The Balaban J connectivity index is 1.61. The molecule has 0 aliphatic carbocycles. The first kappa shape index (κ1) is 22.6. The summed E-state index contributed by atoms with van der Waals surface area (Å²) in [6.07, 6.45) is 0. The van der Waals surface area contributed by atoms with Gasteiger partial charge in [0.1, 0.15) is 11.5 Å². The number of rotatable bonds is 7. The number of aromatic nitrogens is 1. The van der Waals surface area contributed by atoms with Crippen LogP contribution in [0.3, 0.4) is 0 Å². The fraction of sp³-hybridized carbons (Fsp3) is 0.115. The molecule has 0 aliphatic rings. The molecule has 1 heterocycles. The topological polar surface area (TPSA) is 98.8 Å². The summed E-state index contributed by atoms with van der Waals surface area (Å²) in [4.78, 5) is 28.9. The second-order valence-corrected chi connectivity index (χ2v) is 7.28. The Morgan fingerprint density at radius 2 is 1.56 bits per heavy atom. The first-order chi connectivity index (χ1) is 16.6. The Kier molecular flexibility index (Phi) is 6.88. The lowest BCUT2D eigenvalue weighted by atomic mass is 10.1. The molecule has 0 bridgehead atoms. The molecule has 0 fully saturated rings. The van der Waals surface area contributed by atoms with Crippen molar-refractivity contribution in [3.63, 3.8) is 0 Å². The highest BCUT2D eigenvalue weighted by molar-refractivity contribution is 6.01. The number of anilines is 2. The van der Waals surface area contributed by atoms with Gasteiger partial charge in [0.25, 0.3) is 0 Å². The van der Waals surface area contributed by atoms with Gasteiger partial charge in [-0.3, -0.25) is 0 Å². The number of benzene rings is 3. The molecular weight excluding hydrogens is 434 g/mol. The minimum Gasteiger partial charge on any atom is -0.497 e. The van der Waals surface area contributed by atoms with Crippen molar-refractivity contribution in [3.8, 4) is 22.8 Å². The largest absolute Gasteiger partial charge is 0.497 e. The predicted molar refractivity (Wildman–Crippen MR) is 130 cm³/mol. The number of carbonyl (C=O) groups excluding carboxylic acids is 2. The van der Waals surface area contributed by atoms with Gasteiger partial charge in [-0.1, -0.05) is 30.3 Å². The summed E-state index contributed by atoms with van der Waals surface area (Å²) in [5.74, 6) is 0.648. The zero-order valence-electron chi connectivity index (χ0n) is 18.7. The zero-order valence-corrected chi connectivity index (χ0v) is 18.7. The molecule has 2 N–H and O–H groups in total. The quantitative estimate of drug-likeness (QED) is 0.375. The van der Waals surface area contributed by atoms with E-state index in [1.165, 1.54) is 7.11 Å². The van der Waals surface area contributed by atoms with Gasteiger partial charge in [-0.25, -0.2) is 14.6 Å².